The van der Waals surface area contributed by atoms with E-state index < -0.39 is 11.6 Å². The first-order valence-electron chi connectivity index (χ1n) is 6.31. The summed E-state index contributed by atoms with van der Waals surface area (Å²) in [5.74, 6) is -0.355. The number of hydrogen-bond acceptors (Lipinski definition) is 3. The van der Waals surface area contributed by atoms with E-state index in [1.54, 1.807) is 4.90 Å². The van der Waals surface area contributed by atoms with Gasteiger partial charge < -0.3 is 20.1 Å². The van der Waals surface area contributed by atoms with Crippen molar-refractivity contribution in [3.05, 3.63) is 0 Å². The summed E-state index contributed by atoms with van der Waals surface area (Å²) in [6.45, 7) is 4.43. The van der Waals surface area contributed by atoms with Gasteiger partial charge in [0.15, 0.2) is 0 Å². The maximum Gasteiger partial charge on any atom is 0.329 e. The predicted molar refractivity (Wildman–Crippen MR) is 64.3 cm³/mol. The van der Waals surface area contributed by atoms with Crippen molar-refractivity contribution in [3.63, 3.8) is 0 Å². The summed E-state index contributed by atoms with van der Waals surface area (Å²) < 4.78 is 5.25. The minimum absolute atomic E-state index is 0.0780. The van der Waals surface area contributed by atoms with Gasteiger partial charge in [0.05, 0.1) is 13.1 Å². The lowest BCUT2D eigenvalue weighted by Crippen LogP contribution is -2.65. The molecule has 2 aliphatic rings. The fraction of sp³-hybridized carbons (Fsp3) is 0.833. The van der Waals surface area contributed by atoms with E-state index in [1.807, 2.05) is 13.8 Å². The number of likely N-dealkylation sites (tertiary alicyclic amines) is 1. The first-order chi connectivity index (χ1) is 8.39. The fourth-order valence-corrected chi connectivity index (χ4v) is 2.23. The number of amides is 2. The molecule has 1 heterocycles. The van der Waals surface area contributed by atoms with Gasteiger partial charge in [0.2, 0.25) is 0 Å². The summed E-state index contributed by atoms with van der Waals surface area (Å²) in [6.07, 6.45) is 2.39. The molecule has 0 bridgehead atoms. The third kappa shape index (κ3) is 3.13. The topological polar surface area (TPSA) is 78.9 Å². The average molecular weight is 256 g/mol. The quantitative estimate of drug-likeness (QED) is 0.757. The minimum Gasteiger partial charge on any atom is -0.480 e. The number of urea groups is 1. The second-order valence-corrected chi connectivity index (χ2v) is 5.56. The molecule has 1 aliphatic carbocycles. The number of hydrogen-bond donors (Lipinski definition) is 2. The number of nitrogens with zero attached hydrogens (tertiary/aromatic N) is 1. The lowest BCUT2D eigenvalue weighted by Gasteiger charge is -2.47. The third-order valence-electron chi connectivity index (χ3n) is 3.56. The van der Waals surface area contributed by atoms with Crippen molar-refractivity contribution in [2.45, 2.75) is 38.3 Å². The summed E-state index contributed by atoms with van der Waals surface area (Å²) in [7, 11) is 0. The Morgan fingerprint density at radius 2 is 2.11 bits per heavy atom. The Balaban J connectivity index is 1.70. The number of carbonyl (C=O) groups excluding carboxylic acids is 1. The first-order valence-corrected chi connectivity index (χ1v) is 6.31. The molecule has 0 radical (unpaired) electrons. The van der Waals surface area contributed by atoms with Gasteiger partial charge in [0.1, 0.15) is 12.2 Å². The molecule has 1 saturated heterocycles. The molecule has 2 rings (SSSR count). The summed E-state index contributed by atoms with van der Waals surface area (Å²) in [5, 5.41) is 11.5. The molecule has 102 valence electrons. The van der Waals surface area contributed by atoms with Crippen molar-refractivity contribution in [2.75, 3.05) is 19.7 Å². The monoisotopic (exact) mass is 256 g/mol. The zero-order valence-electron chi connectivity index (χ0n) is 10.8. The normalized spacial score (nSPS) is 23.1. The van der Waals surface area contributed by atoms with Crippen LogP contribution < -0.4 is 5.32 Å². The molecule has 2 fully saturated rings. The van der Waals surface area contributed by atoms with E-state index in [-0.39, 0.29) is 18.7 Å². The Labute approximate surface area is 106 Å². The van der Waals surface area contributed by atoms with Crippen LogP contribution in [0.4, 0.5) is 4.79 Å². The number of rotatable bonds is 5. The maximum atomic E-state index is 11.8. The Kier molecular flexibility index (Phi) is 3.47. The molecule has 18 heavy (non-hydrogen) atoms. The molecular formula is C12H20N2O4. The highest BCUT2D eigenvalue weighted by Gasteiger charge is 2.43. The van der Waals surface area contributed by atoms with Crippen LogP contribution in [-0.2, 0) is 9.53 Å². The summed E-state index contributed by atoms with van der Waals surface area (Å²) in [4.78, 5) is 23.9. The van der Waals surface area contributed by atoms with E-state index in [1.165, 1.54) is 12.8 Å². The molecule has 1 unspecified atom stereocenters. The molecule has 0 spiro atoms. The van der Waals surface area contributed by atoms with Gasteiger partial charge >= 0.3 is 12.0 Å². The van der Waals surface area contributed by atoms with Gasteiger partial charge in [-0.25, -0.2) is 9.59 Å². The summed E-state index contributed by atoms with van der Waals surface area (Å²) >= 11 is 0. The average Bonchev–Trinajstić information content (AvgIpc) is 3.05. The van der Waals surface area contributed by atoms with Crippen molar-refractivity contribution in [3.8, 4) is 0 Å². The Morgan fingerprint density at radius 3 is 2.61 bits per heavy atom. The molecule has 1 saturated carbocycles. The summed E-state index contributed by atoms with van der Waals surface area (Å²) in [5.41, 5.74) is -0.515. The van der Waals surface area contributed by atoms with Crippen molar-refractivity contribution in [2.24, 2.45) is 5.92 Å². The van der Waals surface area contributed by atoms with Gasteiger partial charge in [-0.2, -0.15) is 0 Å². The van der Waals surface area contributed by atoms with Crippen molar-refractivity contribution >= 4 is 12.0 Å². The van der Waals surface area contributed by atoms with E-state index >= 15 is 0 Å². The number of aliphatic carboxylic acids is 1. The fourth-order valence-electron chi connectivity index (χ4n) is 2.23. The molecule has 0 aromatic rings. The molecule has 6 nitrogen and oxygen atoms in total. The van der Waals surface area contributed by atoms with Gasteiger partial charge in [-0.3, -0.25) is 0 Å². The lowest BCUT2D eigenvalue weighted by atomic mass is 9.97. The van der Waals surface area contributed by atoms with Crippen molar-refractivity contribution in [1.82, 2.24) is 10.2 Å². The van der Waals surface area contributed by atoms with Crippen LogP contribution in [0.25, 0.3) is 0 Å². The second-order valence-electron chi connectivity index (χ2n) is 5.56. The molecule has 1 aliphatic heterocycles. The smallest absolute Gasteiger partial charge is 0.329 e. The van der Waals surface area contributed by atoms with E-state index in [0.717, 1.165) is 0 Å². The molecular weight excluding hydrogens is 236 g/mol. The highest BCUT2D eigenvalue weighted by Crippen LogP contribution is 2.32. The van der Waals surface area contributed by atoms with Gasteiger partial charge in [-0.1, -0.05) is 0 Å². The van der Waals surface area contributed by atoms with Crippen molar-refractivity contribution < 1.29 is 19.4 Å². The van der Waals surface area contributed by atoms with E-state index in [4.69, 9.17) is 9.84 Å². The Bertz CT molecular complexity index is 348. The third-order valence-corrected chi connectivity index (χ3v) is 3.56. The van der Waals surface area contributed by atoms with Gasteiger partial charge in [-0.15, -0.1) is 0 Å². The number of carbonyl (C=O) groups is 2. The summed E-state index contributed by atoms with van der Waals surface area (Å²) in [6, 6.07) is 0.148. The van der Waals surface area contributed by atoms with Crippen LogP contribution in [0.1, 0.15) is 26.7 Å². The van der Waals surface area contributed by atoms with E-state index in [9.17, 15) is 9.59 Å². The van der Waals surface area contributed by atoms with Gasteiger partial charge in [0, 0.05) is 6.04 Å². The van der Waals surface area contributed by atoms with E-state index in [0.29, 0.717) is 19.0 Å². The molecule has 6 heteroatoms. The first kappa shape index (κ1) is 13.1. The zero-order chi connectivity index (χ0) is 13.3. The molecule has 2 N–H and O–H groups in total. The molecule has 2 amide bonds. The van der Waals surface area contributed by atoms with Gasteiger partial charge in [-0.05, 0) is 32.6 Å². The lowest BCUT2D eigenvalue weighted by molar-refractivity contribution is -0.159. The Morgan fingerprint density at radius 1 is 1.50 bits per heavy atom. The highest BCUT2D eigenvalue weighted by molar-refractivity contribution is 5.76. The Hall–Kier alpha value is -1.30. The predicted octanol–water partition coefficient (Wildman–Crippen LogP) is 0.670. The molecule has 0 aromatic carbocycles. The number of nitrogens with one attached hydrogen (secondary N) is 1. The van der Waals surface area contributed by atoms with Crippen molar-refractivity contribution in [1.29, 1.82) is 0 Å². The largest absolute Gasteiger partial charge is 0.480 e. The van der Waals surface area contributed by atoms with Crippen LogP contribution in [0.3, 0.4) is 0 Å². The van der Waals surface area contributed by atoms with Gasteiger partial charge in [0.25, 0.3) is 0 Å². The number of carboxylic acid groups (broad SMARTS) is 1. The second kappa shape index (κ2) is 4.76. The van der Waals surface area contributed by atoms with Crippen LogP contribution in [0.15, 0.2) is 0 Å². The number of ether oxygens (including phenoxy) is 1. The zero-order valence-corrected chi connectivity index (χ0v) is 10.8. The molecule has 1 atom stereocenters. The highest BCUT2D eigenvalue weighted by atomic mass is 16.5. The standard InChI is InChI=1S/C12H20N2O4/c1-8(9-3-4-9)13-11(17)14-6-12(2,7-14)18-5-10(15)16/h8-9H,3-7H2,1-2H3,(H,13,17)(H,15,16). The SMILES string of the molecule is CC(NC(=O)N1CC(C)(OCC(=O)O)C1)C1CC1. The molecule has 0 aromatic heterocycles. The number of carboxylic acids is 1. The van der Waals surface area contributed by atoms with Crippen LogP contribution in [0, 0.1) is 5.92 Å². The van der Waals surface area contributed by atoms with Crippen LogP contribution in [0.5, 0.6) is 0 Å². The minimum atomic E-state index is -0.985. The van der Waals surface area contributed by atoms with Crippen LogP contribution in [-0.4, -0.2) is 53.3 Å². The maximum absolute atomic E-state index is 11.8. The van der Waals surface area contributed by atoms with Crippen LogP contribution in [0.2, 0.25) is 0 Å². The van der Waals surface area contributed by atoms with Crippen LogP contribution >= 0.6 is 0 Å². The van der Waals surface area contributed by atoms with E-state index in [2.05, 4.69) is 5.32 Å².